The van der Waals surface area contributed by atoms with Crippen LogP contribution in [0.3, 0.4) is 0 Å². The van der Waals surface area contributed by atoms with E-state index in [1.165, 1.54) is 0 Å². The molecule has 0 aliphatic carbocycles. The van der Waals surface area contributed by atoms with Crippen molar-refractivity contribution in [3.63, 3.8) is 0 Å². The van der Waals surface area contributed by atoms with E-state index < -0.39 is 0 Å². The molecular weight excluding hydrogens is 290 g/mol. The maximum absolute atomic E-state index is 6.11. The molecule has 2 atom stereocenters. The van der Waals surface area contributed by atoms with E-state index >= 15 is 0 Å². The molecule has 0 spiro atoms. The number of nitrogens with two attached hydrogens (primary N) is 1. The average Bonchev–Trinajstić information content (AvgIpc) is 3.11. The van der Waals surface area contributed by atoms with Crippen molar-refractivity contribution in [3.05, 3.63) is 47.7 Å². The molecule has 1 fully saturated rings. The highest BCUT2D eigenvalue weighted by molar-refractivity contribution is 5.33. The fourth-order valence-electron chi connectivity index (χ4n) is 2.91. The number of anilines is 1. The Kier molecular flexibility index (Phi) is 4.41. The van der Waals surface area contributed by atoms with Crippen molar-refractivity contribution >= 4 is 5.82 Å². The average molecular weight is 315 g/mol. The summed E-state index contributed by atoms with van der Waals surface area (Å²) in [4.78, 5) is 0. The summed E-state index contributed by atoms with van der Waals surface area (Å²) in [6, 6.07) is 12.2. The van der Waals surface area contributed by atoms with Gasteiger partial charge in [0.25, 0.3) is 0 Å². The summed E-state index contributed by atoms with van der Waals surface area (Å²) in [7, 11) is 0. The zero-order chi connectivity index (χ0) is 16.4. The number of hydrogen-bond acceptors (Lipinski definition) is 4. The SMILES string of the molecule is CC(C)(C)c1cc(N)nn1C1COCC1OCc1ccccc1. The minimum absolute atomic E-state index is 0.0180. The number of aromatic nitrogens is 2. The third-order valence-electron chi connectivity index (χ3n) is 4.14. The van der Waals surface area contributed by atoms with E-state index in [1.54, 1.807) is 0 Å². The first-order valence-corrected chi connectivity index (χ1v) is 8.04. The van der Waals surface area contributed by atoms with Gasteiger partial charge >= 0.3 is 0 Å². The second-order valence-electron chi connectivity index (χ2n) is 7.09. The molecule has 124 valence electrons. The Morgan fingerprint density at radius 3 is 2.70 bits per heavy atom. The molecule has 5 heteroatoms. The van der Waals surface area contributed by atoms with Gasteiger partial charge in [0.15, 0.2) is 0 Å². The third-order valence-corrected chi connectivity index (χ3v) is 4.14. The first-order chi connectivity index (χ1) is 10.9. The van der Waals surface area contributed by atoms with Gasteiger partial charge in [-0.15, -0.1) is 0 Å². The zero-order valence-electron chi connectivity index (χ0n) is 14.0. The molecule has 0 saturated carbocycles. The van der Waals surface area contributed by atoms with Crippen LogP contribution in [-0.4, -0.2) is 29.1 Å². The van der Waals surface area contributed by atoms with Crippen LogP contribution < -0.4 is 5.73 Å². The van der Waals surface area contributed by atoms with Gasteiger partial charge in [0.2, 0.25) is 0 Å². The standard InChI is InChI=1S/C18H25N3O2/c1-18(2,3)16-9-17(19)20-21(16)14-11-22-12-15(14)23-10-13-7-5-4-6-8-13/h4-9,14-15H,10-12H2,1-3H3,(H2,19,20). The molecule has 0 amide bonds. The van der Waals surface area contributed by atoms with E-state index in [9.17, 15) is 0 Å². The zero-order valence-corrected chi connectivity index (χ0v) is 14.0. The Hall–Kier alpha value is -1.85. The summed E-state index contributed by atoms with van der Waals surface area (Å²) < 4.78 is 13.8. The summed E-state index contributed by atoms with van der Waals surface area (Å²) in [6.45, 7) is 8.25. The minimum Gasteiger partial charge on any atom is -0.382 e. The molecule has 1 aliphatic rings. The lowest BCUT2D eigenvalue weighted by Crippen LogP contribution is -2.30. The highest BCUT2D eigenvalue weighted by atomic mass is 16.5. The Balaban J connectivity index is 1.77. The van der Waals surface area contributed by atoms with E-state index in [1.807, 2.05) is 28.9 Å². The van der Waals surface area contributed by atoms with Crippen LogP contribution in [0.25, 0.3) is 0 Å². The van der Waals surface area contributed by atoms with E-state index in [0.29, 0.717) is 25.6 Å². The summed E-state index contributed by atoms with van der Waals surface area (Å²) in [6.07, 6.45) is -0.0180. The van der Waals surface area contributed by atoms with Gasteiger partial charge in [0, 0.05) is 17.2 Å². The van der Waals surface area contributed by atoms with Crippen LogP contribution in [0, 0.1) is 0 Å². The van der Waals surface area contributed by atoms with Crippen molar-refractivity contribution in [3.8, 4) is 0 Å². The number of nitrogen functional groups attached to an aromatic ring is 1. The molecule has 0 radical (unpaired) electrons. The molecule has 1 aromatic carbocycles. The summed E-state index contributed by atoms with van der Waals surface area (Å²) in [5.41, 5.74) is 8.18. The number of hydrogen-bond donors (Lipinski definition) is 1. The van der Waals surface area contributed by atoms with E-state index in [0.717, 1.165) is 11.3 Å². The number of rotatable bonds is 4. The lowest BCUT2D eigenvalue weighted by molar-refractivity contribution is 0.0143. The molecule has 2 N–H and O–H groups in total. The number of ether oxygens (including phenoxy) is 2. The van der Waals surface area contributed by atoms with Gasteiger partial charge in [-0.25, -0.2) is 0 Å². The lowest BCUT2D eigenvalue weighted by Gasteiger charge is -2.26. The molecule has 1 saturated heterocycles. The monoisotopic (exact) mass is 315 g/mol. The smallest absolute Gasteiger partial charge is 0.145 e. The van der Waals surface area contributed by atoms with E-state index in [4.69, 9.17) is 15.2 Å². The van der Waals surface area contributed by atoms with Crippen molar-refractivity contribution in [1.82, 2.24) is 9.78 Å². The van der Waals surface area contributed by atoms with Gasteiger partial charge in [0.1, 0.15) is 18.0 Å². The molecule has 23 heavy (non-hydrogen) atoms. The molecule has 3 rings (SSSR count). The van der Waals surface area contributed by atoms with Crippen molar-refractivity contribution < 1.29 is 9.47 Å². The molecule has 2 heterocycles. The Bertz CT molecular complexity index is 646. The van der Waals surface area contributed by atoms with Gasteiger partial charge in [-0.3, -0.25) is 4.68 Å². The molecule has 0 bridgehead atoms. The van der Waals surface area contributed by atoms with Gasteiger partial charge in [-0.05, 0) is 5.56 Å². The van der Waals surface area contributed by atoms with Gasteiger partial charge in [-0.1, -0.05) is 51.1 Å². The van der Waals surface area contributed by atoms with Crippen LogP contribution in [0.2, 0.25) is 0 Å². The van der Waals surface area contributed by atoms with Crippen LogP contribution in [-0.2, 0) is 21.5 Å². The van der Waals surface area contributed by atoms with Crippen molar-refractivity contribution in [2.75, 3.05) is 18.9 Å². The largest absolute Gasteiger partial charge is 0.382 e. The fraction of sp³-hybridized carbons (Fsp3) is 0.500. The maximum Gasteiger partial charge on any atom is 0.145 e. The highest BCUT2D eigenvalue weighted by Gasteiger charge is 2.35. The van der Waals surface area contributed by atoms with Crippen LogP contribution in [0.1, 0.15) is 38.1 Å². The van der Waals surface area contributed by atoms with Crippen LogP contribution in [0.5, 0.6) is 0 Å². The molecular formula is C18H25N3O2. The Morgan fingerprint density at radius 1 is 1.26 bits per heavy atom. The van der Waals surface area contributed by atoms with Crippen LogP contribution >= 0.6 is 0 Å². The molecule has 2 aromatic rings. The Labute approximate surface area is 137 Å². The van der Waals surface area contributed by atoms with Crippen molar-refractivity contribution in [2.45, 2.75) is 44.9 Å². The van der Waals surface area contributed by atoms with Gasteiger partial charge in [0.05, 0.1) is 19.8 Å². The fourth-order valence-corrected chi connectivity index (χ4v) is 2.91. The normalized spacial score (nSPS) is 21.7. The van der Waals surface area contributed by atoms with Crippen LogP contribution in [0.4, 0.5) is 5.82 Å². The summed E-state index contributed by atoms with van der Waals surface area (Å²) >= 11 is 0. The van der Waals surface area contributed by atoms with Gasteiger partial charge < -0.3 is 15.2 Å². The predicted molar refractivity (Wildman–Crippen MR) is 90.2 cm³/mol. The number of nitrogens with zero attached hydrogens (tertiary/aromatic N) is 2. The van der Waals surface area contributed by atoms with Crippen molar-refractivity contribution in [2.24, 2.45) is 0 Å². The predicted octanol–water partition coefficient (Wildman–Crippen LogP) is 2.92. The minimum atomic E-state index is -0.0306. The lowest BCUT2D eigenvalue weighted by atomic mass is 9.91. The highest BCUT2D eigenvalue weighted by Crippen LogP contribution is 2.31. The summed E-state index contributed by atoms with van der Waals surface area (Å²) in [5.74, 6) is 0.545. The Morgan fingerprint density at radius 2 is 2.00 bits per heavy atom. The molecule has 2 unspecified atom stereocenters. The topological polar surface area (TPSA) is 62.3 Å². The second-order valence-corrected chi connectivity index (χ2v) is 7.09. The maximum atomic E-state index is 6.11. The van der Waals surface area contributed by atoms with E-state index in [2.05, 4.69) is 38.0 Å². The second kappa shape index (κ2) is 6.34. The summed E-state index contributed by atoms with van der Waals surface area (Å²) in [5, 5.41) is 4.50. The molecule has 1 aliphatic heterocycles. The van der Waals surface area contributed by atoms with Gasteiger partial charge in [-0.2, -0.15) is 5.10 Å². The molecule has 5 nitrogen and oxygen atoms in total. The van der Waals surface area contributed by atoms with E-state index in [-0.39, 0.29) is 17.6 Å². The first-order valence-electron chi connectivity index (χ1n) is 8.04. The number of benzene rings is 1. The van der Waals surface area contributed by atoms with Crippen LogP contribution in [0.15, 0.2) is 36.4 Å². The molecule has 1 aromatic heterocycles. The van der Waals surface area contributed by atoms with Crippen molar-refractivity contribution in [1.29, 1.82) is 0 Å². The third kappa shape index (κ3) is 3.57. The first kappa shape index (κ1) is 16.0. The quantitative estimate of drug-likeness (QED) is 0.942.